The van der Waals surface area contributed by atoms with E-state index in [-0.39, 0.29) is 12.5 Å². The normalized spacial score (nSPS) is 21.7. The van der Waals surface area contributed by atoms with Crippen LogP contribution in [0.5, 0.6) is 0 Å². The second-order valence-corrected chi connectivity index (χ2v) is 15.8. The van der Waals surface area contributed by atoms with Crippen molar-refractivity contribution in [1.29, 1.82) is 0 Å². The van der Waals surface area contributed by atoms with Gasteiger partial charge in [-0.3, -0.25) is 4.79 Å². The lowest BCUT2D eigenvalue weighted by atomic mass is 9.99. The number of unbranched alkanes of at least 4 members (excludes halogenated alkanes) is 25. The molecule has 1 aliphatic rings. The highest BCUT2D eigenvalue weighted by Crippen LogP contribution is 2.23. The van der Waals surface area contributed by atoms with Crippen LogP contribution in [-0.2, 0) is 14.3 Å². The highest BCUT2D eigenvalue weighted by Gasteiger charge is 2.44. The fraction of sp³-hybridized carbons (Fsp3) is 0.932. The van der Waals surface area contributed by atoms with Crippen LogP contribution in [0.4, 0.5) is 0 Å². The lowest BCUT2D eigenvalue weighted by molar-refractivity contribution is -0.302. The molecule has 9 heteroatoms. The molecule has 7 unspecified atom stereocenters. The summed E-state index contributed by atoms with van der Waals surface area (Å²) < 4.78 is 11.1. The van der Waals surface area contributed by atoms with Crippen molar-refractivity contribution in [3.8, 4) is 0 Å². The Labute approximate surface area is 325 Å². The standard InChI is InChI=1S/C44H85NO8/c1-3-5-7-8-9-10-11-12-13-14-15-16-17-18-19-20-21-22-23-24-25-26-27-28-29-30-32-34-40(48)45-37(38(47)33-31-6-4-2)36-52-44-43(51)42(50)41(49)39(35-46)53-44/h14-15,37-39,41-44,46-47,49-51H,3-13,16-36H2,1-2H3,(H,45,48)/b15-14-. The van der Waals surface area contributed by atoms with Crippen molar-refractivity contribution >= 4 is 5.91 Å². The van der Waals surface area contributed by atoms with Crippen molar-refractivity contribution in [3.63, 3.8) is 0 Å². The Hall–Kier alpha value is -1.07. The van der Waals surface area contributed by atoms with Crippen LogP contribution >= 0.6 is 0 Å². The number of carbonyl (C=O) groups excluding carboxylic acids is 1. The second kappa shape index (κ2) is 35.4. The smallest absolute Gasteiger partial charge is 0.220 e. The van der Waals surface area contributed by atoms with Crippen molar-refractivity contribution in [1.82, 2.24) is 5.32 Å². The monoisotopic (exact) mass is 756 g/mol. The van der Waals surface area contributed by atoms with Crippen LogP contribution in [0.15, 0.2) is 12.2 Å². The summed E-state index contributed by atoms with van der Waals surface area (Å²) in [6.45, 7) is 3.67. The minimum atomic E-state index is -1.55. The molecule has 1 aliphatic heterocycles. The van der Waals surface area contributed by atoms with Crippen LogP contribution in [0.1, 0.15) is 206 Å². The highest BCUT2D eigenvalue weighted by atomic mass is 16.7. The van der Waals surface area contributed by atoms with E-state index in [1.165, 1.54) is 141 Å². The molecule has 0 aliphatic carbocycles. The Kier molecular flexibility index (Phi) is 33.3. The Balaban J connectivity index is 2.03. The highest BCUT2D eigenvalue weighted by molar-refractivity contribution is 5.76. The Morgan fingerprint density at radius 2 is 1.06 bits per heavy atom. The van der Waals surface area contributed by atoms with E-state index in [0.29, 0.717) is 12.8 Å². The van der Waals surface area contributed by atoms with Crippen LogP contribution in [0, 0.1) is 0 Å². The first kappa shape index (κ1) is 49.9. The third-order valence-corrected chi connectivity index (χ3v) is 10.9. The van der Waals surface area contributed by atoms with Crippen molar-refractivity contribution < 1.29 is 39.8 Å². The van der Waals surface area contributed by atoms with Gasteiger partial charge in [-0.1, -0.05) is 174 Å². The first-order chi connectivity index (χ1) is 25.8. The SMILES string of the molecule is CCCCCCCCCC/C=C\CCCCCCCCCCCCCCCCCC(=O)NC(COC1OC(CO)C(O)C(O)C1O)C(O)CCCCC. The van der Waals surface area contributed by atoms with Gasteiger partial charge in [0.25, 0.3) is 0 Å². The molecule has 1 amide bonds. The van der Waals surface area contributed by atoms with Gasteiger partial charge in [-0.15, -0.1) is 0 Å². The molecule has 0 radical (unpaired) electrons. The number of carbonyl (C=O) groups is 1. The van der Waals surface area contributed by atoms with Gasteiger partial charge in [0.05, 0.1) is 25.4 Å². The van der Waals surface area contributed by atoms with Crippen LogP contribution in [0.3, 0.4) is 0 Å². The average molecular weight is 756 g/mol. The average Bonchev–Trinajstić information content (AvgIpc) is 3.15. The van der Waals surface area contributed by atoms with Crippen LogP contribution < -0.4 is 5.32 Å². The molecule has 314 valence electrons. The van der Waals surface area contributed by atoms with Crippen LogP contribution in [-0.4, -0.2) is 87.5 Å². The van der Waals surface area contributed by atoms with Crippen molar-refractivity contribution in [2.75, 3.05) is 13.2 Å². The fourth-order valence-electron chi connectivity index (χ4n) is 7.21. The third kappa shape index (κ3) is 26.4. The van der Waals surface area contributed by atoms with Gasteiger partial charge in [0.1, 0.15) is 24.4 Å². The van der Waals surface area contributed by atoms with Gasteiger partial charge in [0, 0.05) is 6.42 Å². The van der Waals surface area contributed by atoms with E-state index < -0.39 is 49.5 Å². The fourth-order valence-corrected chi connectivity index (χ4v) is 7.21. The molecule has 1 fully saturated rings. The quantitative estimate of drug-likeness (QED) is 0.0272. The molecule has 9 nitrogen and oxygen atoms in total. The molecule has 53 heavy (non-hydrogen) atoms. The molecule has 7 atom stereocenters. The number of aliphatic hydroxyl groups excluding tert-OH is 5. The number of aliphatic hydroxyl groups is 5. The summed E-state index contributed by atoms with van der Waals surface area (Å²) in [5.74, 6) is -0.154. The van der Waals surface area contributed by atoms with Crippen molar-refractivity contribution in [2.24, 2.45) is 0 Å². The predicted octanol–water partition coefficient (Wildman–Crippen LogP) is 8.95. The minimum Gasteiger partial charge on any atom is -0.394 e. The zero-order valence-electron chi connectivity index (χ0n) is 34.3. The molecule has 0 saturated carbocycles. The zero-order valence-corrected chi connectivity index (χ0v) is 34.3. The molecule has 1 rings (SSSR count). The summed E-state index contributed by atoms with van der Waals surface area (Å²) in [6, 6.07) is -0.710. The molecular weight excluding hydrogens is 670 g/mol. The third-order valence-electron chi connectivity index (χ3n) is 10.9. The summed E-state index contributed by atoms with van der Waals surface area (Å²) in [5.41, 5.74) is 0. The molecule has 1 saturated heterocycles. The van der Waals surface area contributed by atoms with Gasteiger partial charge in [-0.05, 0) is 38.5 Å². The summed E-state index contributed by atoms with van der Waals surface area (Å²) in [4.78, 5) is 12.8. The Morgan fingerprint density at radius 3 is 1.53 bits per heavy atom. The number of nitrogens with one attached hydrogen (secondary N) is 1. The van der Waals surface area contributed by atoms with Gasteiger partial charge < -0.3 is 40.3 Å². The molecule has 0 bridgehead atoms. The first-order valence-corrected chi connectivity index (χ1v) is 22.4. The maximum absolute atomic E-state index is 12.8. The van der Waals surface area contributed by atoms with E-state index in [1.54, 1.807) is 0 Å². The molecule has 0 aromatic rings. The van der Waals surface area contributed by atoms with Gasteiger partial charge >= 0.3 is 0 Å². The van der Waals surface area contributed by atoms with Crippen LogP contribution in [0.25, 0.3) is 0 Å². The number of hydrogen-bond donors (Lipinski definition) is 6. The van der Waals surface area contributed by atoms with Crippen molar-refractivity contribution in [2.45, 2.75) is 249 Å². The minimum absolute atomic E-state index is 0.140. The lowest BCUT2D eigenvalue weighted by Gasteiger charge is -2.40. The van der Waals surface area contributed by atoms with Gasteiger partial charge in [0.2, 0.25) is 5.91 Å². The number of rotatable bonds is 37. The van der Waals surface area contributed by atoms with E-state index in [0.717, 1.165) is 38.5 Å². The van der Waals surface area contributed by atoms with Gasteiger partial charge in [-0.2, -0.15) is 0 Å². The molecule has 0 spiro atoms. The molecular formula is C44H85NO8. The summed E-state index contributed by atoms with van der Waals surface area (Å²) in [5, 5.41) is 53.5. The molecule has 0 aromatic heterocycles. The number of hydrogen-bond acceptors (Lipinski definition) is 8. The summed E-state index contributed by atoms with van der Waals surface area (Å²) in [6.07, 6.45) is 33.3. The molecule has 6 N–H and O–H groups in total. The summed E-state index contributed by atoms with van der Waals surface area (Å²) in [7, 11) is 0. The number of allylic oxidation sites excluding steroid dienone is 2. The maximum Gasteiger partial charge on any atom is 0.220 e. The maximum atomic E-state index is 12.8. The second-order valence-electron chi connectivity index (χ2n) is 15.8. The Bertz CT molecular complexity index is 842. The topological polar surface area (TPSA) is 149 Å². The van der Waals surface area contributed by atoms with E-state index in [2.05, 4.69) is 31.3 Å². The van der Waals surface area contributed by atoms with E-state index in [1.807, 2.05) is 0 Å². The van der Waals surface area contributed by atoms with E-state index in [4.69, 9.17) is 9.47 Å². The Morgan fingerprint density at radius 1 is 0.623 bits per heavy atom. The summed E-state index contributed by atoms with van der Waals surface area (Å²) >= 11 is 0. The zero-order chi connectivity index (χ0) is 38.8. The van der Waals surface area contributed by atoms with Crippen LogP contribution in [0.2, 0.25) is 0 Å². The number of amides is 1. The van der Waals surface area contributed by atoms with Gasteiger partial charge in [0.15, 0.2) is 6.29 Å². The van der Waals surface area contributed by atoms with Crippen molar-refractivity contribution in [3.05, 3.63) is 12.2 Å². The largest absolute Gasteiger partial charge is 0.394 e. The number of ether oxygens (including phenoxy) is 2. The molecule has 0 aromatic carbocycles. The van der Waals surface area contributed by atoms with E-state index in [9.17, 15) is 30.3 Å². The lowest BCUT2D eigenvalue weighted by Crippen LogP contribution is -2.60. The van der Waals surface area contributed by atoms with Gasteiger partial charge in [-0.25, -0.2) is 0 Å². The van der Waals surface area contributed by atoms with E-state index >= 15 is 0 Å². The first-order valence-electron chi connectivity index (χ1n) is 22.4. The molecule has 1 heterocycles. The predicted molar refractivity (Wildman–Crippen MR) is 217 cm³/mol.